The molecule has 24 heavy (non-hydrogen) atoms. The highest BCUT2D eigenvalue weighted by atomic mass is 16.3. The maximum Gasteiger partial charge on any atom is 0.138 e. The molecular formula is C19H26N4O. The van der Waals surface area contributed by atoms with Crippen LogP contribution in [0.25, 0.3) is 0 Å². The molecule has 0 aliphatic carbocycles. The summed E-state index contributed by atoms with van der Waals surface area (Å²) in [6.07, 6.45) is 4.95. The van der Waals surface area contributed by atoms with Crippen LogP contribution >= 0.6 is 0 Å². The number of aryl methyl sites for hydroxylation is 1. The second-order valence-electron chi connectivity index (χ2n) is 6.87. The fraction of sp³-hybridized carbons (Fsp3) is 0.474. The lowest BCUT2D eigenvalue weighted by molar-refractivity contribution is 0.252. The molecule has 5 heteroatoms. The van der Waals surface area contributed by atoms with Crippen molar-refractivity contribution in [1.29, 1.82) is 0 Å². The minimum atomic E-state index is 0.303. The zero-order chi connectivity index (χ0) is 16.9. The van der Waals surface area contributed by atoms with E-state index in [0.29, 0.717) is 11.7 Å². The van der Waals surface area contributed by atoms with Crippen molar-refractivity contribution < 1.29 is 5.11 Å². The molecule has 2 aromatic rings. The van der Waals surface area contributed by atoms with Crippen LogP contribution in [0.5, 0.6) is 5.75 Å². The molecule has 1 fully saturated rings. The minimum absolute atomic E-state index is 0.303. The Kier molecular flexibility index (Phi) is 5.43. The Morgan fingerprint density at radius 3 is 3.00 bits per heavy atom. The lowest BCUT2D eigenvalue weighted by Gasteiger charge is -2.21. The van der Waals surface area contributed by atoms with E-state index in [1.165, 1.54) is 12.0 Å². The van der Waals surface area contributed by atoms with Gasteiger partial charge in [0.2, 0.25) is 0 Å². The molecule has 0 radical (unpaired) electrons. The third-order valence-corrected chi connectivity index (χ3v) is 4.58. The molecule has 1 atom stereocenters. The summed E-state index contributed by atoms with van der Waals surface area (Å²) < 4.78 is 0. The third kappa shape index (κ3) is 4.52. The Morgan fingerprint density at radius 1 is 1.33 bits per heavy atom. The fourth-order valence-electron chi connectivity index (χ4n) is 3.45. The number of nitrogens with zero attached hydrogens (tertiary/aromatic N) is 4. The summed E-state index contributed by atoms with van der Waals surface area (Å²) in [5.74, 6) is 0.969. The first-order valence-corrected chi connectivity index (χ1v) is 8.55. The highest BCUT2D eigenvalue weighted by Crippen LogP contribution is 2.23. The van der Waals surface area contributed by atoms with Crippen molar-refractivity contribution >= 4 is 0 Å². The van der Waals surface area contributed by atoms with Crippen molar-refractivity contribution in [3.05, 3.63) is 53.6 Å². The normalized spacial score (nSPS) is 18.4. The van der Waals surface area contributed by atoms with Crippen LogP contribution in [0.4, 0.5) is 0 Å². The van der Waals surface area contributed by atoms with Crippen molar-refractivity contribution in [3.8, 4) is 5.75 Å². The third-order valence-electron chi connectivity index (χ3n) is 4.58. The molecule has 0 amide bonds. The van der Waals surface area contributed by atoms with Crippen LogP contribution in [-0.4, -0.2) is 51.6 Å². The molecule has 1 aliphatic rings. The zero-order valence-corrected chi connectivity index (χ0v) is 14.5. The van der Waals surface area contributed by atoms with E-state index in [2.05, 4.69) is 32.9 Å². The van der Waals surface area contributed by atoms with Gasteiger partial charge in [0.25, 0.3) is 0 Å². The first-order chi connectivity index (χ1) is 11.6. The van der Waals surface area contributed by atoms with Gasteiger partial charge in [0.15, 0.2) is 0 Å². The van der Waals surface area contributed by atoms with Gasteiger partial charge in [-0.2, -0.15) is 0 Å². The number of likely N-dealkylation sites (tertiary alicyclic amines) is 1. The summed E-state index contributed by atoms with van der Waals surface area (Å²) in [7, 11) is 2.17. The number of aromatic nitrogens is 2. The van der Waals surface area contributed by atoms with Gasteiger partial charge >= 0.3 is 0 Å². The summed E-state index contributed by atoms with van der Waals surface area (Å²) in [5.41, 5.74) is 3.00. The van der Waals surface area contributed by atoms with Crippen molar-refractivity contribution in [3.63, 3.8) is 0 Å². The van der Waals surface area contributed by atoms with E-state index < -0.39 is 0 Å². The van der Waals surface area contributed by atoms with Gasteiger partial charge in [0.05, 0.1) is 5.69 Å². The highest BCUT2D eigenvalue weighted by molar-refractivity contribution is 5.27. The van der Waals surface area contributed by atoms with Crippen LogP contribution in [-0.2, 0) is 13.1 Å². The molecule has 1 unspecified atom stereocenters. The van der Waals surface area contributed by atoms with Gasteiger partial charge in [-0.25, -0.2) is 0 Å². The lowest BCUT2D eigenvalue weighted by atomic mass is 10.1. The van der Waals surface area contributed by atoms with E-state index >= 15 is 0 Å². The fourth-order valence-corrected chi connectivity index (χ4v) is 3.45. The van der Waals surface area contributed by atoms with E-state index in [9.17, 15) is 5.11 Å². The molecule has 0 spiro atoms. The highest BCUT2D eigenvalue weighted by Gasteiger charge is 2.24. The number of aromatic hydroxyl groups is 1. The van der Waals surface area contributed by atoms with E-state index in [4.69, 9.17) is 0 Å². The van der Waals surface area contributed by atoms with Gasteiger partial charge in [-0.05, 0) is 56.6 Å². The van der Waals surface area contributed by atoms with Gasteiger partial charge in [0, 0.05) is 44.3 Å². The second kappa shape index (κ2) is 7.73. The monoisotopic (exact) mass is 326 g/mol. The Balaban J connectivity index is 1.49. The number of hydrogen-bond donors (Lipinski definition) is 1. The average molecular weight is 326 g/mol. The van der Waals surface area contributed by atoms with E-state index in [-0.39, 0.29) is 0 Å². The predicted molar refractivity (Wildman–Crippen MR) is 94.6 cm³/mol. The number of pyridine rings is 2. The molecular weight excluding hydrogens is 300 g/mol. The molecule has 2 aromatic heterocycles. The van der Waals surface area contributed by atoms with Crippen molar-refractivity contribution in [2.75, 3.05) is 26.7 Å². The topological polar surface area (TPSA) is 52.5 Å². The molecule has 3 heterocycles. The van der Waals surface area contributed by atoms with E-state index in [1.807, 2.05) is 31.5 Å². The maximum absolute atomic E-state index is 9.97. The number of rotatable bonds is 6. The summed E-state index contributed by atoms with van der Waals surface area (Å²) in [4.78, 5) is 13.4. The van der Waals surface area contributed by atoms with Crippen LogP contribution in [0.2, 0.25) is 0 Å². The predicted octanol–water partition coefficient (Wildman–Crippen LogP) is 2.44. The molecule has 0 bridgehead atoms. The van der Waals surface area contributed by atoms with Gasteiger partial charge in [-0.15, -0.1) is 0 Å². The standard InChI is InChI=1S/C19H26N4O/c1-15-5-6-19(24)18(21-15)14-23-9-7-17(13-23)12-22(2)11-16-4-3-8-20-10-16/h3-6,8,10,17,24H,7,9,11-14H2,1-2H3. The Labute approximate surface area is 144 Å². The first kappa shape index (κ1) is 16.9. The van der Waals surface area contributed by atoms with E-state index in [1.54, 1.807) is 6.07 Å². The van der Waals surface area contributed by atoms with Crippen LogP contribution in [0.1, 0.15) is 23.4 Å². The van der Waals surface area contributed by atoms with Gasteiger partial charge in [-0.3, -0.25) is 14.9 Å². The van der Waals surface area contributed by atoms with Gasteiger partial charge < -0.3 is 10.0 Å². The summed E-state index contributed by atoms with van der Waals surface area (Å²) >= 11 is 0. The molecule has 1 aliphatic heterocycles. The molecule has 3 rings (SSSR count). The average Bonchev–Trinajstić information content (AvgIpc) is 2.99. The molecule has 1 N–H and O–H groups in total. The smallest absolute Gasteiger partial charge is 0.138 e. The zero-order valence-electron chi connectivity index (χ0n) is 14.5. The van der Waals surface area contributed by atoms with E-state index in [0.717, 1.165) is 44.1 Å². The Hall–Kier alpha value is -1.98. The SMILES string of the molecule is Cc1ccc(O)c(CN2CCC(CN(C)Cc3cccnc3)C2)n1. The summed E-state index contributed by atoms with van der Waals surface area (Å²) in [5, 5.41) is 9.97. The lowest BCUT2D eigenvalue weighted by Crippen LogP contribution is -2.28. The van der Waals surface area contributed by atoms with Crippen LogP contribution in [0.3, 0.4) is 0 Å². The van der Waals surface area contributed by atoms with Crippen molar-refractivity contribution in [1.82, 2.24) is 19.8 Å². The number of hydrogen-bond acceptors (Lipinski definition) is 5. The van der Waals surface area contributed by atoms with Crippen molar-refractivity contribution in [2.24, 2.45) is 5.92 Å². The summed E-state index contributed by atoms with van der Waals surface area (Å²) in [6.45, 7) is 6.84. The largest absolute Gasteiger partial charge is 0.506 e. The molecule has 0 saturated carbocycles. The molecule has 0 aromatic carbocycles. The van der Waals surface area contributed by atoms with Crippen LogP contribution in [0, 0.1) is 12.8 Å². The van der Waals surface area contributed by atoms with Crippen LogP contribution in [0.15, 0.2) is 36.7 Å². The van der Waals surface area contributed by atoms with Crippen molar-refractivity contribution in [2.45, 2.75) is 26.4 Å². The van der Waals surface area contributed by atoms with Gasteiger partial charge in [-0.1, -0.05) is 6.07 Å². The van der Waals surface area contributed by atoms with Crippen LogP contribution < -0.4 is 0 Å². The van der Waals surface area contributed by atoms with Gasteiger partial charge in [0.1, 0.15) is 5.75 Å². The quantitative estimate of drug-likeness (QED) is 0.884. The molecule has 1 saturated heterocycles. The minimum Gasteiger partial charge on any atom is -0.506 e. The Morgan fingerprint density at radius 2 is 2.21 bits per heavy atom. The first-order valence-electron chi connectivity index (χ1n) is 8.55. The molecule has 5 nitrogen and oxygen atoms in total. The second-order valence-corrected chi connectivity index (χ2v) is 6.87. The maximum atomic E-state index is 9.97. The Bertz CT molecular complexity index is 662. The summed E-state index contributed by atoms with van der Waals surface area (Å²) in [6, 6.07) is 7.70. The molecule has 128 valence electrons.